The van der Waals surface area contributed by atoms with E-state index >= 15 is 0 Å². The van der Waals surface area contributed by atoms with Crippen LogP contribution < -0.4 is 5.73 Å². The number of aromatic nitrogens is 3. The van der Waals surface area contributed by atoms with Crippen LogP contribution in [0.3, 0.4) is 0 Å². The summed E-state index contributed by atoms with van der Waals surface area (Å²) in [6, 6.07) is 8.59. The molecule has 3 rings (SSSR count). The molecule has 0 atom stereocenters. The van der Waals surface area contributed by atoms with Gasteiger partial charge in [0.05, 0.1) is 17.9 Å². The number of nitrogens with zero attached hydrogens (tertiary/aromatic N) is 3. The average Bonchev–Trinajstić information content (AvgIpc) is 2.73. The van der Waals surface area contributed by atoms with E-state index in [0.717, 1.165) is 12.2 Å². The molecule has 1 aromatic carbocycles. The largest absolute Gasteiger partial charge is 0.325 e. The van der Waals surface area contributed by atoms with Crippen molar-refractivity contribution < 1.29 is 0 Å². The van der Waals surface area contributed by atoms with Gasteiger partial charge in [0.25, 0.3) is 0 Å². The van der Waals surface area contributed by atoms with Gasteiger partial charge < -0.3 is 5.73 Å². The van der Waals surface area contributed by atoms with Crippen LogP contribution in [0.4, 0.5) is 0 Å². The summed E-state index contributed by atoms with van der Waals surface area (Å²) in [5.74, 6) is 0.610. The topological polar surface area (TPSA) is 56.7 Å². The fraction of sp³-hybridized carbons (Fsp3) is 0.467. The molecule has 4 heteroatoms. The van der Waals surface area contributed by atoms with Crippen molar-refractivity contribution in [2.75, 3.05) is 0 Å². The molecule has 0 radical (unpaired) electrons. The summed E-state index contributed by atoms with van der Waals surface area (Å²) in [5.41, 5.74) is 10.6. The van der Waals surface area contributed by atoms with Gasteiger partial charge in [-0.05, 0) is 25.3 Å². The van der Waals surface area contributed by atoms with Crippen LogP contribution in [-0.4, -0.2) is 15.0 Å². The van der Waals surface area contributed by atoms with E-state index in [1.807, 2.05) is 4.68 Å². The van der Waals surface area contributed by atoms with Crippen molar-refractivity contribution >= 4 is 0 Å². The monoisotopic (exact) mass is 256 g/mol. The van der Waals surface area contributed by atoms with Crippen LogP contribution in [-0.2, 0) is 13.1 Å². The first-order valence-electron chi connectivity index (χ1n) is 6.96. The lowest BCUT2D eigenvalue weighted by molar-refractivity contribution is 0.390. The van der Waals surface area contributed by atoms with Crippen molar-refractivity contribution in [3.05, 3.63) is 46.8 Å². The van der Waals surface area contributed by atoms with Gasteiger partial charge >= 0.3 is 0 Å². The van der Waals surface area contributed by atoms with Gasteiger partial charge in [0, 0.05) is 12.5 Å². The molecule has 0 aliphatic heterocycles. The average molecular weight is 256 g/mol. The summed E-state index contributed by atoms with van der Waals surface area (Å²) in [5, 5.41) is 8.53. The fourth-order valence-electron chi connectivity index (χ4n) is 2.61. The normalized spacial score (nSPS) is 15.5. The SMILES string of the molecule is Cc1ccc(Cn2nnc(CN)c2C2CCC2)cc1. The summed E-state index contributed by atoms with van der Waals surface area (Å²) >= 11 is 0. The minimum atomic E-state index is 0.486. The Bertz CT molecular complexity index is 552. The summed E-state index contributed by atoms with van der Waals surface area (Å²) in [4.78, 5) is 0. The predicted molar refractivity (Wildman–Crippen MR) is 74.8 cm³/mol. The Balaban J connectivity index is 1.87. The third kappa shape index (κ3) is 2.40. The van der Waals surface area contributed by atoms with Crippen molar-refractivity contribution in [3.8, 4) is 0 Å². The van der Waals surface area contributed by atoms with E-state index in [2.05, 4.69) is 41.5 Å². The number of hydrogen-bond acceptors (Lipinski definition) is 3. The van der Waals surface area contributed by atoms with E-state index < -0.39 is 0 Å². The first-order chi connectivity index (χ1) is 9.28. The molecule has 1 aliphatic carbocycles. The van der Waals surface area contributed by atoms with Gasteiger partial charge in [-0.15, -0.1) is 5.10 Å². The standard InChI is InChI=1S/C15H20N4/c1-11-5-7-12(8-6-11)10-19-15(13-3-2-4-13)14(9-16)17-18-19/h5-8,13H,2-4,9-10,16H2,1H3. The van der Waals surface area contributed by atoms with Crippen molar-refractivity contribution in [2.24, 2.45) is 5.73 Å². The van der Waals surface area contributed by atoms with Gasteiger partial charge in [0.15, 0.2) is 0 Å². The Morgan fingerprint density at radius 2 is 2.00 bits per heavy atom. The highest BCUT2D eigenvalue weighted by Crippen LogP contribution is 2.37. The van der Waals surface area contributed by atoms with Gasteiger partial charge in [0.2, 0.25) is 0 Å². The smallest absolute Gasteiger partial charge is 0.0997 e. The zero-order valence-electron chi connectivity index (χ0n) is 11.3. The van der Waals surface area contributed by atoms with E-state index in [1.165, 1.54) is 36.1 Å². The Morgan fingerprint density at radius 1 is 1.26 bits per heavy atom. The minimum absolute atomic E-state index is 0.486. The molecule has 1 fully saturated rings. The highest BCUT2D eigenvalue weighted by molar-refractivity contribution is 5.24. The second kappa shape index (κ2) is 5.13. The van der Waals surface area contributed by atoms with Crippen LogP contribution in [0.2, 0.25) is 0 Å². The molecule has 2 aromatic rings. The summed E-state index contributed by atoms with van der Waals surface area (Å²) in [6.07, 6.45) is 3.80. The molecule has 0 bridgehead atoms. The van der Waals surface area contributed by atoms with Crippen LogP contribution in [0.5, 0.6) is 0 Å². The molecule has 19 heavy (non-hydrogen) atoms. The summed E-state index contributed by atoms with van der Waals surface area (Å²) in [6.45, 7) is 3.38. The minimum Gasteiger partial charge on any atom is -0.325 e. The molecule has 0 saturated heterocycles. The lowest BCUT2D eigenvalue weighted by Gasteiger charge is -2.26. The molecule has 1 aromatic heterocycles. The third-order valence-corrected chi connectivity index (χ3v) is 3.99. The quantitative estimate of drug-likeness (QED) is 0.913. The second-order valence-electron chi connectivity index (χ2n) is 5.40. The van der Waals surface area contributed by atoms with Crippen LogP contribution in [0, 0.1) is 6.92 Å². The molecule has 1 saturated carbocycles. The first-order valence-corrected chi connectivity index (χ1v) is 6.96. The number of hydrogen-bond donors (Lipinski definition) is 1. The lowest BCUT2D eigenvalue weighted by atomic mass is 9.82. The van der Waals surface area contributed by atoms with Gasteiger partial charge in [0.1, 0.15) is 0 Å². The van der Waals surface area contributed by atoms with Gasteiger partial charge in [-0.1, -0.05) is 41.5 Å². The molecule has 0 spiro atoms. The Hall–Kier alpha value is -1.68. The van der Waals surface area contributed by atoms with Crippen LogP contribution in [0.1, 0.15) is 47.7 Å². The number of aryl methyl sites for hydroxylation is 1. The molecule has 1 aliphatic rings. The molecular weight excluding hydrogens is 236 g/mol. The van der Waals surface area contributed by atoms with Crippen molar-refractivity contribution in [2.45, 2.75) is 45.2 Å². The van der Waals surface area contributed by atoms with Gasteiger partial charge in [-0.3, -0.25) is 0 Å². The number of nitrogens with two attached hydrogens (primary N) is 1. The summed E-state index contributed by atoms with van der Waals surface area (Å²) in [7, 11) is 0. The first kappa shape index (κ1) is 12.4. The predicted octanol–water partition coefficient (Wildman–Crippen LogP) is 2.36. The van der Waals surface area contributed by atoms with Crippen molar-refractivity contribution in [3.63, 3.8) is 0 Å². The van der Waals surface area contributed by atoms with Crippen LogP contribution in [0.15, 0.2) is 24.3 Å². The Kier molecular flexibility index (Phi) is 3.34. The Morgan fingerprint density at radius 3 is 2.58 bits per heavy atom. The van der Waals surface area contributed by atoms with Crippen LogP contribution >= 0.6 is 0 Å². The van der Waals surface area contributed by atoms with E-state index in [-0.39, 0.29) is 0 Å². The number of rotatable bonds is 4. The van der Waals surface area contributed by atoms with E-state index in [0.29, 0.717) is 12.5 Å². The van der Waals surface area contributed by atoms with E-state index in [9.17, 15) is 0 Å². The van der Waals surface area contributed by atoms with Gasteiger partial charge in [-0.2, -0.15) is 0 Å². The molecule has 1 heterocycles. The molecule has 0 amide bonds. The third-order valence-electron chi connectivity index (χ3n) is 3.99. The van der Waals surface area contributed by atoms with E-state index in [4.69, 9.17) is 5.73 Å². The second-order valence-corrected chi connectivity index (χ2v) is 5.40. The van der Waals surface area contributed by atoms with Gasteiger partial charge in [-0.25, -0.2) is 4.68 Å². The van der Waals surface area contributed by atoms with Crippen molar-refractivity contribution in [1.82, 2.24) is 15.0 Å². The Labute approximate surface area is 113 Å². The zero-order chi connectivity index (χ0) is 13.2. The molecular formula is C15H20N4. The number of benzene rings is 1. The maximum absolute atomic E-state index is 5.78. The molecule has 2 N–H and O–H groups in total. The molecule has 100 valence electrons. The van der Waals surface area contributed by atoms with Crippen molar-refractivity contribution in [1.29, 1.82) is 0 Å². The fourth-order valence-corrected chi connectivity index (χ4v) is 2.61. The highest BCUT2D eigenvalue weighted by atomic mass is 15.4. The van der Waals surface area contributed by atoms with E-state index in [1.54, 1.807) is 0 Å². The zero-order valence-corrected chi connectivity index (χ0v) is 11.3. The molecule has 0 unspecified atom stereocenters. The maximum Gasteiger partial charge on any atom is 0.0997 e. The maximum atomic E-state index is 5.78. The molecule has 4 nitrogen and oxygen atoms in total. The highest BCUT2D eigenvalue weighted by Gasteiger charge is 2.27. The lowest BCUT2D eigenvalue weighted by Crippen LogP contribution is -2.18. The summed E-state index contributed by atoms with van der Waals surface area (Å²) < 4.78 is 2.04. The van der Waals surface area contributed by atoms with Crippen LogP contribution in [0.25, 0.3) is 0 Å².